The lowest BCUT2D eigenvalue weighted by molar-refractivity contribution is -0.121. The number of amides is 1. The van der Waals surface area contributed by atoms with Crippen LogP contribution in [0.4, 0.5) is 0 Å². The second kappa shape index (κ2) is 34.2. The molecule has 3 fully saturated rings. The summed E-state index contributed by atoms with van der Waals surface area (Å²) in [6.07, 6.45) is -0.881. The third kappa shape index (κ3) is 25.5. The van der Waals surface area contributed by atoms with E-state index in [1.165, 1.54) is 53.2 Å². The quantitative estimate of drug-likeness (QED) is 0.0219. The summed E-state index contributed by atoms with van der Waals surface area (Å²) in [5, 5.41) is 31.5. The molecule has 100 heavy (non-hydrogen) atoms. The minimum atomic E-state index is -6.57. The van der Waals surface area contributed by atoms with E-state index in [2.05, 4.69) is 56.2 Å². The number of nitrogens with zero attached hydrogens (tertiary/aromatic N) is 6. The standard InChI is InChI=1S/C45H72N10O37P8/c1-26-18-53(43(62)47-40(26)59)32-13-29(34(56)15-32)22-83-94(67,68)87-36-16-33(54-19-27(2)41(60)48-44(54)63)14-30(36)23-82-93(65,66)84-24-31-21-52(51-50-31)11-8-9-38(58)46-10-6-4-5-7-12-81-95(69,70)88-97(73,74)90-99(77,78)92-100(79,80)91-98(75,76)89-96(71,72)85-25-37-35(57)17-39(86-37)55-20-28(3)42(61)49-45(55)64/h18-21,29-30,32-37,39,56-57H,4-17,22-25H2,1-3H3,(H,46,58)(H,65,66)(H,67,68)(H,69,70)(H,71,72)(H,73,74)(H,75,76)(H,77,78)(H,79,80)(H,47,59,62)(H,48,60,63)(H,49,61,64)/t29-,30-,32-,33-,34?,35+,36?,37+,39+/m1/s1. The number of carbonyl (C=O) groups is 1. The summed E-state index contributed by atoms with van der Waals surface area (Å²) in [7, 11) is -47.4. The topological polar surface area (TPSA) is 674 Å². The van der Waals surface area contributed by atoms with E-state index in [1.54, 1.807) is 0 Å². The molecule has 4 aromatic heterocycles. The molecule has 17 atom stereocenters. The van der Waals surface area contributed by atoms with Crippen molar-refractivity contribution in [3.05, 3.63) is 110 Å². The van der Waals surface area contributed by atoms with E-state index in [1.807, 2.05) is 4.98 Å². The Hall–Kier alpha value is -4.39. The van der Waals surface area contributed by atoms with Gasteiger partial charge in [-0.1, -0.05) is 18.1 Å². The summed E-state index contributed by atoms with van der Waals surface area (Å²) in [5.41, 5.74) is -3.92. The van der Waals surface area contributed by atoms with Crippen molar-refractivity contribution in [2.45, 2.75) is 147 Å². The molecule has 3 aliphatic rings. The molecule has 1 aliphatic heterocycles. The van der Waals surface area contributed by atoms with E-state index in [9.17, 15) is 119 Å². The molecular weight excluding hydrogens is 1520 g/mol. The molecule has 0 spiro atoms. The van der Waals surface area contributed by atoms with Gasteiger partial charge in [0.05, 0.1) is 50.9 Å². The van der Waals surface area contributed by atoms with Gasteiger partial charge in [-0.15, -0.1) is 5.10 Å². The number of phosphoric acid groups is 8. The summed E-state index contributed by atoms with van der Waals surface area (Å²) in [5.74, 6) is -2.12. The Bertz CT molecular complexity index is 4360. The lowest BCUT2D eigenvalue weighted by Crippen LogP contribution is -2.33. The molecule has 1 saturated heterocycles. The van der Waals surface area contributed by atoms with Crippen LogP contribution in [0.15, 0.2) is 53.6 Å². The molecule has 7 rings (SSSR count). The smallest absolute Gasteiger partial charge is 0.393 e. The first-order valence-electron chi connectivity index (χ1n) is 29.5. The van der Waals surface area contributed by atoms with Gasteiger partial charge in [0, 0.05) is 85.1 Å². The van der Waals surface area contributed by atoms with Gasteiger partial charge < -0.3 is 59.4 Å². The number of phosphoric ester groups is 4. The van der Waals surface area contributed by atoms with Gasteiger partial charge in [-0.05, 0) is 65.7 Å². The molecule has 55 heteroatoms. The number of aromatic nitrogens is 9. The Labute approximate surface area is 561 Å². The third-order valence-electron chi connectivity index (χ3n) is 15.0. The Balaban J connectivity index is 0.756. The Kier molecular flexibility index (Phi) is 28.4. The van der Waals surface area contributed by atoms with Gasteiger partial charge >= 0.3 is 79.7 Å². The number of hydrogen-bond donors (Lipinski definition) is 14. The van der Waals surface area contributed by atoms with Crippen molar-refractivity contribution in [3.8, 4) is 0 Å². The molecule has 5 heterocycles. The maximum Gasteiger partial charge on any atom is 0.490 e. The number of carbonyl (C=O) groups excluding carboxylic acids is 1. The monoisotopic (exact) mass is 1590 g/mol. The number of aromatic amines is 3. The summed E-state index contributed by atoms with van der Waals surface area (Å²) in [6.45, 7) is 1.01. The zero-order chi connectivity index (χ0) is 74.1. The SMILES string of the molecule is Cc1cn([C@H]2CC(O)[C@@H](COP(=O)(O)OC3C[C@H](n4cc(C)c(=O)[nH]c4=O)C[C@@H]3COP(=O)(O)OCc3cn(CCCC(=O)NCCCCCCOP(=O)(O)OP(=O)(O)OP(=O)(O)OP(=O)(O)OP(=O)(O)OP(=O)(O)OC[C@@H]4O[C@H](n5cc(C)c(=O)[nH]c5=O)C[C@@H]4O)nn3)C2)c(=O)[nH]c1=O. The van der Waals surface area contributed by atoms with Gasteiger partial charge in [0.15, 0.2) is 0 Å². The lowest BCUT2D eigenvalue weighted by Gasteiger charge is -2.24. The number of hydrogen-bond acceptors (Lipinski definition) is 31. The van der Waals surface area contributed by atoms with Gasteiger partial charge in [-0.25, -0.2) is 50.9 Å². The van der Waals surface area contributed by atoms with Crippen LogP contribution in [0.1, 0.15) is 111 Å². The van der Waals surface area contributed by atoms with Crippen LogP contribution in [0.25, 0.3) is 0 Å². The van der Waals surface area contributed by atoms with Crippen molar-refractivity contribution in [1.82, 2.24) is 49.0 Å². The second-order valence-corrected chi connectivity index (χ2v) is 35.1. The van der Waals surface area contributed by atoms with Crippen LogP contribution < -0.4 is 39.1 Å². The minimum Gasteiger partial charge on any atom is -0.393 e. The summed E-state index contributed by atoms with van der Waals surface area (Å²) < 4.78 is 159. The molecule has 1 amide bonds. The zero-order valence-corrected chi connectivity index (χ0v) is 59.6. The number of unbranched alkanes of at least 4 members (excludes halogenated alkanes) is 3. The van der Waals surface area contributed by atoms with Gasteiger partial charge in [0.2, 0.25) is 5.91 Å². The van der Waals surface area contributed by atoms with Crippen molar-refractivity contribution in [2.24, 2.45) is 11.8 Å². The predicted octanol–water partition coefficient (Wildman–Crippen LogP) is 1.08. The summed E-state index contributed by atoms with van der Waals surface area (Å²) in [4.78, 5) is 173. The van der Waals surface area contributed by atoms with E-state index in [0.29, 0.717) is 12.8 Å². The normalized spacial score (nSPS) is 25.9. The predicted molar refractivity (Wildman–Crippen MR) is 330 cm³/mol. The number of H-pyrrole nitrogens is 3. The zero-order valence-electron chi connectivity index (χ0n) is 52.5. The number of aryl methyl sites for hydroxylation is 4. The molecule has 47 nitrogen and oxygen atoms in total. The van der Waals surface area contributed by atoms with Crippen LogP contribution in [0.2, 0.25) is 0 Å². The fraction of sp³-hybridized carbons (Fsp3) is 0.667. The van der Waals surface area contributed by atoms with Crippen LogP contribution in [0.5, 0.6) is 0 Å². The van der Waals surface area contributed by atoms with Gasteiger partial charge in [0.1, 0.15) is 24.6 Å². The van der Waals surface area contributed by atoms with Crippen molar-refractivity contribution >= 4 is 68.5 Å². The average Bonchev–Trinajstić information content (AvgIpc) is 1.54. The van der Waals surface area contributed by atoms with Crippen LogP contribution in [0, 0.1) is 32.6 Å². The largest absolute Gasteiger partial charge is 0.490 e. The highest BCUT2D eigenvalue weighted by molar-refractivity contribution is 7.72. The molecule has 4 aromatic rings. The molecule has 0 bridgehead atoms. The maximum absolute atomic E-state index is 13.4. The Morgan fingerprint density at radius 2 is 1.00 bits per heavy atom. The number of nitrogens with one attached hydrogen (secondary N) is 4. The average molecular weight is 1590 g/mol. The van der Waals surface area contributed by atoms with Crippen molar-refractivity contribution in [1.29, 1.82) is 0 Å². The Morgan fingerprint density at radius 3 is 1.57 bits per heavy atom. The molecule has 0 aromatic carbocycles. The number of aliphatic hydroxyl groups excluding tert-OH is 2. The highest BCUT2D eigenvalue weighted by Gasteiger charge is 2.51. The fourth-order valence-electron chi connectivity index (χ4n) is 10.3. The lowest BCUT2D eigenvalue weighted by atomic mass is 10.1. The molecule has 10 unspecified atom stereocenters. The maximum atomic E-state index is 13.4. The second-order valence-electron chi connectivity index (χ2n) is 22.8. The van der Waals surface area contributed by atoms with Gasteiger partial charge in [0.25, 0.3) is 16.7 Å². The van der Waals surface area contributed by atoms with E-state index >= 15 is 0 Å². The molecule has 2 aliphatic carbocycles. The fourth-order valence-corrected chi connectivity index (χ4v) is 19.9. The van der Waals surface area contributed by atoms with Crippen LogP contribution >= 0.6 is 62.6 Å². The van der Waals surface area contributed by atoms with Crippen LogP contribution in [-0.2, 0) is 108 Å². The highest BCUT2D eigenvalue weighted by atomic mass is 31.3. The summed E-state index contributed by atoms with van der Waals surface area (Å²) >= 11 is 0. The van der Waals surface area contributed by atoms with E-state index < -0.39 is 184 Å². The Morgan fingerprint density at radius 1 is 0.530 bits per heavy atom. The van der Waals surface area contributed by atoms with E-state index in [-0.39, 0.29) is 99.2 Å². The number of aliphatic hydroxyl groups is 2. The van der Waals surface area contributed by atoms with Crippen molar-refractivity contribution in [3.63, 3.8) is 0 Å². The highest BCUT2D eigenvalue weighted by Crippen LogP contribution is 2.75. The molecule has 14 N–H and O–H groups in total. The molecule has 2 saturated carbocycles. The first-order valence-corrected chi connectivity index (χ1v) is 41.5. The number of rotatable bonds is 39. The van der Waals surface area contributed by atoms with Gasteiger partial charge in [-0.3, -0.25) is 79.7 Å². The van der Waals surface area contributed by atoms with Crippen molar-refractivity contribution < 1.29 is 144 Å². The molecular formula is C45H72N10O37P8. The first-order chi connectivity index (χ1) is 46.3. The summed E-state index contributed by atoms with van der Waals surface area (Å²) in [6, 6.07) is -1.38. The third-order valence-corrected chi connectivity index (χ3v) is 26.2. The first kappa shape index (κ1) is 82.9. The van der Waals surface area contributed by atoms with E-state index in [4.69, 9.17) is 22.8 Å². The molecule has 0 radical (unpaired) electrons. The van der Waals surface area contributed by atoms with Crippen LogP contribution in [0.3, 0.4) is 0 Å². The van der Waals surface area contributed by atoms with E-state index in [0.717, 1.165) is 10.8 Å². The number of ether oxygens (including phenoxy) is 1. The van der Waals surface area contributed by atoms with Gasteiger partial charge in [-0.2, -0.15) is 21.6 Å². The van der Waals surface area contributed by atoms with Crippen LogP contribution in [-0.4, -0.2) is 156 Å². The van der Waals surface area contributed by atoms with Crippen molar-refractivity contribution in [2.75, 3.05) is 33.0 Å². The molecule has 564 valence electrons. The minimum absolute atomic E-state index is 0.00463.